The maximum atomic E-state index is 13.2. The molecule has 23 heavy (non-hydrogen) atoms. The number of phenols is 1. The number of halogens is 1. The maximum Gasteiger partial charge on any atom is 0.227 e. The molecule has 0 atom stereocenters. The number of amides is 1. The summed E-state index contributed by atoms with van der Waals surface area (Å²) in [4.78, 5) is 16.2. The van der Waals surface area contributed by atoms with E-state index < -0.39 is 0 Å². The summed E-state index contributed by atoms with van der Waals surface area (Å²) >= 11 is 0. The van der Waals surface area contributed by atoms with Gasteiger partial charge < -0.3 is 14.9 Å². The molecule has 0 radical (unpaired) electrons. The fourth-order valence-corrected chi connectivity index (χ4v) is 2.86. The van der Waals surface area contributed by atoms with Crippen LogP contribution in [0, 0.1) is 5.82 Å². The molecule has 0 aromatic heterocycles. The number of aromatic hydroxyl groups is 1. The number of rotatable bonds is 3. The van der Waals surface area contributed by atoms with Crippen LogP contribution in [0.1, 0.15) is 5.56 Å². The molecule has 4 nitrogen and oxygen atoms in total. The first-order chi connectivity index (χ1) is 11.1. The van der Waals surface area contributed by atoms with E-state index in [-0.39, 0.29) is 23.9 Å². The van der Waals surface area contributed by atoms with Gasteiger partial charge in [0.15, 0.2) is 0 Å². The number of phenolic OH excluding ortho intramolecular Hbond substituents is 1. The van der Waals surface area contributed by atoms with Crippen LogP contribution in [0.2, 0.25) is 0 Å². The van der Waals surface area contributed by atoms with E-state index in [1.807, 2.05) is 12.1 Å². The van der Waals surface area contributed by atoms with Crippen LogP contribution in [-0.2, 0) is 11.2 Å². The van der Waals surface area contributed by atoms with E-state index in [0.717, 1.165) is 5.69 Å². The third kappa shape index (κ3) is 3.62. The van der Waals surface area contributed by atoms with Crippen LogP contribution in [0.5, 0.6) is 5.75 Å². The van der Waals surface area contributed by atoms with Gasteiger partial charge >= 0.3 is 0 Å². The fourth-order valence-electron chi connectivity index (χ4n) is 2.86. The Bertz CT molecular complexity index is 697. The molecule has 5 heteroatoms. The normalized spacial score (nSPS) is 14.8. The van der Waals surface area contributed by atoms with E-state index in [0.29, 0.717) is 31.7 Å². The third-order valence-electron chi connectivity index (χ3n) is 4.10. The first kappa shape index (κ1) is 15.3. The van der Waals surface area contributed by atoms with Gasteiger partial charge in [0.25, 0.3) is 0 Å². The van der Waals surface area contributed by atoms with Crippen LogP contribution >= 0.6 is 0 Å². The topological polar surface area (TPSA) is 43.8 Å². The van der Waals surface area contributed by atoms with Crippen molar-refractivity contribution < 1.29 is 14.3 Å². The molecule has 1 amide bonds. The van der Waals surface area contributed by atoms with Gasteiger partial charge in [-0.1, -0.05) is 24.3 Å². The lowest BCUT2D eigenvalue weighted by molar-refractivity contribution is -0.130. The number of nitrogens with zero attached hydrogens (tertiary/aromatic N) is 2. The first-order valence-electron chi connectivity index (χ1n) is 7.68. The number of para-hydroxylation sites is 2. The molecule has 3 rings (SSSR count). The quantitative estimate of drug-likeness (QED) is 0.946. The highest BCUT2D eigenvalue weighted by Crippen LogP contribution is 2.27. The summed E-state index contributed by atoms with van der Waals surface area (Å²) < 4.78 is 13.2. The molecule has 0 bridgehead atoms. The van der Waals surface area contributed by atoms with Crippen molar-refractivity contribution in [3.8, 4) is 5.75 Å². The zero-order valence-corrected chi connectivity index (χ0v) is 12.8. The number of piperazine rings is 1. The van der Waals surface area contributed by atoms with Crippen LogP contribution in [-0.4, -0.2) is 42.1 Å². The SMILES string of the molecule is O=C(Cc1cccc(F)c1)N1CCN(c2ccccc2O)CC1. The second-order valence-corrected chi connectivity index (χ2v) is 5.66. The van der Waals surface area contributed by atoms with E-state index in [1.165, 1.54) is 12.1 Å². The molecular formula is C18H19FN2O2. The van der Waals surface area contributed by atoms with Gasteiger partial charge in [0.05, 0.1) is 12.1 Å². The van der Waals surface area contributed by atoms with Crippen molar-refractivity contribution in [2.75, 3.05) is 31.1 Å². The van der Waals surface area contributed by atoms with Crippen molar-refractivity contribution in [1.29, 1.82) is 0 Å². The number of hydrogen-bond donors (Lipinski definition) is 1. The Kier molecular flexibility index (Phi) is 4.46. The molecule has 2 aromatic carbocycles. The molecule has 1 aliphatic rings. The summed E-state index contributed by atoms with van der Waals surface area (Å²) in [7, 11) is 0. The molecule has 1 heterocycles. The zero-order chi connectivity index (χ0) is 16.2. The lowest BCUT2D eigenvalue weighted by atomic mass is 10.1. The molecule has 0 aliphatic carbocycles. The van der Waals surface area contributed by atoms with Gasteiger partial charge in [-0.3, -0.25) is 4.79 Å². The molecule has 120 valence electrons. The lowest BCUT2D eigenvalue weighted by Gasteiger charge is -2.36. The van der Waals surface area contributed by atoms with Gasteiger partial charge in [0.1, 0.15) is 11.6 Å². The van der Waals surface area contributed by atoms with Crippen molar-refractivity contribution >= 4 is 11.6 Å². The predicted molar refractivity (Wildman–Crippen MR) is 87.0 cm³/mol. The average Bonchev–Trinajstić information content (AvgIpc) is 2.55. The molecule has 0 saturated carbocycles. The largest absolute Gasteiger partial charge is 0.506 e. The van der Waals surface area contributed by atoms with Gasteiger partial charge in [0, 0.05) is 26.2 Å². The van der Waals surface area contributed by atoms with Gasteiger partial charge in [0.2, 0.25) is 5.91 Å². The lowest BCUT2D eigenvalue weighted by Crippen LogP contribution is -2.49. The number of carbonyl (C=O) groups is 1. The minimum Gasteiger partial charge on any atom is -0.506 e. The summed E-state index contributed by atoms with van der Waals surface area (Å²) in [6.07, 6.45) is 0.217. The molecule has 1 N–H and O–H groups in total. The number of hydrogen-bond acceptors (Lipinski definition) is 3. The van der Waals surface area contributed by atoms with Gasteiger partial charge in [-0.05, 0) is 29.8 Å². The Morgan fingerprint density at radius 1 is 1.04 bits per heavy atom. The fraction of sp³-hybridized carbons (Fsp3) is 0.278. The average molecular weight is 314 g/mol. The van der Waals surface area contributed by atoms with Gasteiger partial charge in [-0.2, -0.15) is 0 Å². The summed E-state index contributed by atoms with van der Waals surface area (Å²) in [6.45, 7) is 2.55. The molecular weight excluding hydrogens is 295 g/mol. The number of carbonyl (C=O) groups excluding carboxylic acids is 1. The standard InChI is InChI=1S/C18H19FN2O2/c19-15-5-3-4-14(12-15)13-18(23)21-10-8-20(9-11-21)16-6-1-2-7-17(16)22/h1-7,12,22H,8-11,13H2. The molecule has 1 aliphatic heterocycles. The molecule has 1 fully saturated rings. The highest BCUT2D eigenvalue weighted by Gasteiger charge is 2.22. The maximum absolute atomic E-state index is 13.2. The van der Waals surface area contributed by atoms with Gasteiger partial charge in [-0.25, -0.2) is 4.39 Å². The van der Waals surface area contributed by atoms with Crippen LogP contribution in [0.25, 0.3) is 0 Å². The van der Waals surface area contributed by atoms with E-state index >= 15 is 0 Å². The smallest absolute Gasteiger partial charge is 0.227 e. The minimum absolute atomic E-state index is 0.00698. The van der Waals surface area contributed by atoms with Crippen LogP contribution in [0.3, 0.4) is 0 Å². The Balaban J connectivity index is 1.58. The second-order valence-electron chi connectivity index (χ2n) is 5.66. The van der Waals surface area contributed by atoms with Crippen LogP contribution in [0.15, 0.2) is 48.5 Å². The molecule has 1 saturated heterocycles. The van der Waals surface area contributed by atoms with Crippen molar-refractivity contribution in [2.45, 2.75) is 6.42 Å². The highest BCUT2D eigenvalue weighted by atomic mass is 19.1. The summed E-state index contributed by atoms with van der Waals surface area (Å²) in [5, 5.41) is 9.90. The van der Waals surface area contributed by atoms with E-state index in [9.17, 15) is 14.3 Å². The van der Waals surface area contributed by atoms with E-state index in [2.05, 4.69) is 4.90 Å². The van der Waals surface area contributed by atoms with Gasteiger partial charge in [-0.15, -0.1) is 0 Å². The van der Waals surface area contributed by atoms with E-state index in [1.54, 1.807) is 29.2 Å². The van der Waals surface area contributed by atoms with Crippen molar-refractivity contribution in [3.63, 3.8) is 0 Å². The Hall–Kier alpha value is -2.56. The third-order valence-corrected chi connectivity index (χ3v) is 4.10. The monoisotopic (exact) mass is 314 g/mol. The predicted octanol–water partition coefficient (Wildman–Crippen LogP) is 2.42. The van der Waals surface area contributed by atoms with Crippen molar-refractivity contribution in [1.82, 2.24) is 4.90 Å². The van der Waals surface area contributed by atoms with E-state index in [4.69, 9.17) is 0 Å². The zero-order valence-electron chi connectivity index (χ0n) is 12.8. The van der Waals surface area contributed by atoms with Crippen LogP contribution < -0.4 is 4.90 Å². The van der Waals surface area contributed by atoms with Crippen molar-refractivity contribution in [2.24, 2.45) is 0 Å². The molecule has 0 spiro atoms. The Morgan fingerprint density at radius 2 is 1.78 bits per heavy atom. The highest BCUT2D eigenvalue weighted by molar-refractivity contribution is 5.79. The first-order valence-corrected chi connectivity index (χ1v) is 7.68. The van der Waals surface area contributed by atoms with Crippen molar-refractivity contribution in [3.05, 3.63) is 59.9 Å². The molecule has 0 unspecified atom stereocenters. The van der Waals surface area contributed by atoms with Crippen LogP contribution in [0.4, 0.5) is 10.1 Å². The number of benzene rings is 2. The molecule has 2 aromatic rings. The second kappa shape index (κ2) is 6.69. The Labute approximate surface area is 134 Å². The summed E-state index contributed by atoms with van der Waals surface area (Å²) in [5.74, 6) is -0.0563. The number of anilines is 1. The Morgan fingerprint density at radius 3 is 2.48 bits per heavy atom. The summed E-state index contributed by atoms with van der Waals surface area (Å²) in [5.41, 5.74) is 1.49. The summed E-state index contributed by atoms with van der Waals surface area (Å²) in [6, 6.07) is 13.4. The minimum atomic E-state index is -0.320.